The molecule has 1 atom stereocenters. The van der Waals surface area contributed by atoms with E-state index in [0.717, 1.165) is 6.42 Å². The Labute approximate surface area is 92.5 Å². The van der Waals surface area contributed by atoms with Crippen molar-refractivity contribution in [1.29, 1.82) is 0 Å². The van der Waals surface area contributed by atoms with Gasteiger partial charge in [-0.05, 0) is 12.8 Å². The van der Waals surface area contributed by atoms with Crippen molar-refractivity contribution in [1.82, 2.24) is 5.43 Å². The first-order valence-corrected chi connectivity index (χ1v) is 5.88. The number of hydrogen-bond acceptors (Lipinski definition) is 3. The molecule has 1 amide bonds. The number of unbranched alkanes of at least 4 members (excludes halogenated alkanes) is 4. The first-order valence-electron chi connectivity index (χ1n) is 5.88. The molecule has 4 heteroatoms. The first kappa shape index (κ1) is 14.4. The van der Waals surface area contributed by atoms with Gasteiger partial charge in [0.15, 0.2) is 0 Å². The lowest BCUT2D eigenvalue weighted by Gasteiger charge is -2.13. The lowest BCUT2D eigenvalue weighted by atomic mass is 10.2. The van der Waals surface area contributed by atoms with Crippen LogP contribution in [0.3, 0.4) is 0 Å². The van der Waals surface area contributed by atoms with Crippen molar-refractivity contribution >= 4 is 5.91 Å². The number of ether oxygens (including phenoxy) is 1. The number of amides is 1. The lowest BCUT2D eigenvalue weighted by molar-refractivity contribution is -0.133. The highest BCUT2D eigenvalue weighted by Gasteiger charge is 2.14. The van der Waals surface area contributed by atoms with Gasteiger partial charge in [-0.3, -0.25) is 10.2 Å². The van der Waals surface area contributed by atoms with Crippen LogP contribution in [0.4, 0.5) is 0 Å². The number of rotatable bonds is 9. The molecular formula is C11H24N2O2. The highest BCUT2D eigenvalue weighted by molar-refractivity contribution is 5.79. The predicted molar refractivity (Wildman–Crippen MR) is 61.1 cm³/mol. The van der Waals surface area contributed by atoms with Crippen LogP contribution in [0.25, 0.3) is 0 Å². The smallest absolute Gasteiger partial charge is 0.262 e. The Bertz CT molecular complexity index is 163. The molecule has 0 aliphatic carbocycles. The summed E-state index contributed by atoms with van der Waals surface area (Å²) in [7, 11) is 0. The van der Waals surface area contributed by atoms with E-state index >= 15 is 0 Å². The van der Waals surface area contributed by atoms with Gasteiger partial charge in [-0.2, -0.15) is 0 Å². The second-order valence-electron chi connectivity index (χ2n) is 3.69. The van der Waals surface area contributed by atoms with E-state index < -0.39 is 0 Å². The molecule has 90 valence electrons. The lowest BCUT2D eigenvalue weighted by Crippen LogP contribution is -2.40. The summed E-state index contributed by atoms with van der Waals surface area (Å²) in [6.07, 6.45) is 6.25. The number of nitrogens with two attached hydrogens (primary N) is 1. The van der Waals surface area contributed by atoms with Crippen LogP contribution in [0.1, 0.15) is 52.4 Å². The van der Waals surface area contributed by atoms with Crippen LogP contribution in [-0.2, 0) is 9.53 Å². The van der Waals surface area contributed by atoms with Crippen molar-refractivity contribution in [2.45, 2.75) is 58.5 Å². The summed E-state index contributed by atoms with van der Waals surface area (Å²) < 4.78 is 5.43. The van der Waals surface area contributed by atoms with Crippen LogP contribution in [0.15, 0.2) is 0 Å². The second-order valence-corrected chi connectivity index (χ2v) is 3.69. The molecule has 0 rings (SSSR count). The Hall–Kier alpha value is -0.610. The number of nitrogens with one attached hydrogen (secondary N) is 1. The second kappa shape index (κ2) is 9.93. The molecule has 0 spiro atoms. The van der Waals surface area contributed by atoms with Crippen molar-refractivity contribution in [3.8, 4) is 0 Å². The van der Waals surface area contributed by atoms with Crippen LogP contribution >= 0.6 is 0 Å². The van der Waals surface area contributed by atoms with Gasteiger partial charge >= 0.3 is 0 Å². The standard InChI is InChI=1S/C11H24N2O2/c1-3-5-6-7-8-9-15-10(4-2)11(14)13-12/h10H,3-9,12H2,1-2H3,(H,13,14). The number of carbonyl (C=O) groups is 1. The fraction of sp³-hybridized carbons (Fsp3) is 0.909. The highest BCUT2D eigenvalue weighted by Crippen LogP contribution is 2.04. The van der Waals surface area contributed by atoms with Crippen LogP contribution in [0.2, 0.25) is 0 Å². The summed E-state index contributed by atoms with van der Waals surface area (Å²) in [4.78, 5) is 11.1. The van der Waals surface area contributed by atoms with E-state index in [1.54, 1.807) is 0 Å². The molecule has 0 bridgehead atoms. The van der Waals surface area contributed by atoms with Gasteiger partial charge in [0.25, 0.3) is 5.91 Å². The van der Waals surface area contributed by atoms with Crippen molar-refractivity contribution in [2.75, 3.05) is 6.61 Å². The molecule has 3 N–H and O–H groups in total. The predicted octanol–water partition coefficient (Wildman–Crippen LogP) is 1.74. The van der Waals surface area contributed by atoms with Gasteiger partial charge in [0.05, 0.1) is 0 Å². The third-order valence-electron chi connectivity index (χ3n) is 2.37. The fourth-order valence-electron chi connectivity index (χ4n) is 1.40. The first-order chi connectivity index (χ1) is 7.26. The molecule has 15 heavy (non-hydrogen) atoms. The van der Waals surface area contributed by atoms with Crippen molar-refractivity contribution in [2.24, 2.45) is 5.84 Å². The van der Waals surface area contributed by atoms with Gasteiger partial charge in [0.2, 0.25) is 0 Å². The highest BCUT2D eigenvalue weighted by atomic mass is 16.5. The molecule has 0 radical (unpaired) electrons. The van der Waals surface area contributed by atoms with Gasteiger partial charge in [-0.15, -0.1) is 0 Å². The van der Waals surface area contributed by atoms with E-state index in [1.165, 1.54) is 25.7 Å². The zero-order valence-electron chi connectivity index (χ0n) is 9.92. The number of carbonyl (C=O) groups excluding carboxylic acids is 1. The quantitative estimate of drug-likeness (QED) is 0.267. The van der Waals surface area contributed by atoms with Crippen molar-refractivity contribution < 1.29 is 9.53 Å². The van der Waals surface area contributed by atoms with E-state index in [9.17, 15) is 4.79 Å². The van der Waals surface area contributed by atoms with Gasteiger partial charge < -0.3 is 4.74 Å². The molecule has 0 heterocycles. The summed E-state index contributed by atoms with van der Waals surface area (Å²) >= 11 is 0. The van der Waals surface area contributed by atoms with E-state index in [1.807, 2.05) is 6.92 Å². The molecular weight excluding hydrogens is 192 g/mol. The van der Waals surface area contributed by atoms with Gasteiger partial charge in [-0.25, -0.2) is 5.84 Å². The molecule has 0 aromatic heterocycles. The molecule has 0 aromatic rings. The Balaban J connectivity index is 3.42. The minimum Gasteiger partial charge on any atom is -0.368 e. The third kappa shape index (κ3) is 7.33. The van der Waals surface area contributed by atoms with E-state index in [0.29, 0.717) is 13.0 Å². The Kier molecular flexibility index (Phi) is 9.52. The number of hydrazine groups is 1. The maximum absolute atomic E-state index is 11.1. The molecule has 0 saturated carbocycles. The fourth-order valence-corrected chi connectivity index (χ4v) is 1.40. The van der Waals surface area contributed by atoms with Gasteiger partial charge in [0, 0.05) is 6.61 Å². The molecule has 1 unspecified atom stereocenters. The maximum Gasteiger partial charge on any atom is 0.262 e. The summed E-state index contributed by atoms with van der Waals surface area (Å²) in [5, 5.41) is 0. The Morgan fingerprint density at radius 1 is 1.27 bits per heavy atom. The minimum atomic E-state index is -0.388. The third-order valence-corrected chi connectivity index (χ3v) is 2.37. The van der Waals surface area contributed by atoms with Crippen LogP contribution in [-0.4, -0.2) is 18.6 Å². The minimum absolute atomic E-state index is 0.231. The molecule has 0 aliphatic rings. The molecule has 0 aromatic carbocycles. The topological polar surface area (TPSA) is 64.3 Å². The Morgan fingerprint density at radius 2 is 1.93 bits per heavy atom. The summed E-state index contributed by atoms with van der Waals surface area (Å²) in [5.74, 6) is 4.81. The normalized spacial score (nSPS) is 12.5. The van der Waals surface area contributed by atoms with E-state index in [2.05, 4.69) is 12.3 Å². The largest absolute Gasteiger partial charge is 0.368 e. The van der Waals surface area contributed by atoms with Crippen LogP contribution < -0.4 is 11.3 Å². The van der Waals surface area contributed by atoms with Gasteiger partial charge in [0.1, 0.15) is 6.10 Å². The molecule has 0 fully saturated rings. The zero-order chi connectivity index (χ0) is 11.5. The number of hydrogen-bond donors (Lipinski definition) is 2. The molecule has 0 aliphatic heterocycles. The molecule has 4 nitrogen and oxygen atoms in total. The van der Waals surface area contributed by atoms with E-state index in [4.69, 9.17) is 10.6 Å². The van der Waals surface area contributed by atoms with Crippen molar-refractivity contribution in [3.63, 3.8) is 0 Å². The monoisotopic (exact) mass is 216 g/mol. The summed E-state index contributed by atoms with van der Waals surface area (Å²) in [6, 6.07) is 0. The average Bonchev–Trinajstić information content (AvgIpc) is 2.27. The van der Waals surface area contributed by atoms with Gasteiger partial charge in [-0.1, -0.05) is 39.5 Å². The van der Waals surface area contributed by atoms with Crippen LogP contribution in [0.5, 0.6) is 0 Å². The Morgan fingerprint density at radius 3 is 2.47 bits per heavy atom. The molecule has 0 saturated heterocycles. The average molecular weight is 216 g/mol. The summed E-state index contributed by atoms with van der Waals surface area (Å²) in [6.45, 7) is 4.75. The SMILES string of the molecule is CCCCCCCOC(CC)C(=O)NN. The maximum atomic E-state index is 11.1. The van der Waals surface area contributed by atoms with E-state index in [-0.39, 0.29) is 12.0 Å². The summed E-state index contributed by atoms with van der Waals surface area (Å²) in [5.41, 5.74) is 2.11. The zero-order valence-corrected chi connectivity index (χ0v) is 9.92. The van der Waals surface area contributed by atoms with Crippen molar-refractivity contribution in [3.05, 3.63) is 0 Å². The van der Waals surface area contributed by atoms with Crippen LogP contribution in [0, 0.1) is 0 Å².